The second-order valence-electron chi connectivity index (χ2n) is 7.03. The van der Waals surface area contributed by atoms with Gasteiger partial charge in [0.05, 0.1) is 24.0 Å². The van der Waals surface area contributed by atoms with Gasteiger partial charge in [0.1, 0.15) is 12.2 Å². The normalized spacial score (nSPS) is 12.3. The molecule has 0 N–H and O–H groups in total. The van der Waals surface area contributed by atoms with E-state index in [-0.39, 0.29) is 34.8 Å². The summed E-state index contributed by atoms with van der Waals surface area (Å²) in [6.45, 7) is 5.83. The first-order valence-corrected chi connectivity index (χ1v) is 9.18. The van der Waals surface area contributed by atoms with E-state index in [2.05, 4.69) is 5.10 Å². The zero-order valence-electron chi connectivity index (χ0n) is 16.8. The molecule has 29 heavy (non-hydrogen) atoms. The van der Waals surface area contributed by atoms with Crippen LogP contribution in [0.1, 0.15) is 45.2 Å². The predicted molar refractivity (Wildman–Crippen MR) is 105 cm³/mol. The molecule has 0 saturated heterocycles. The molecule has 2 aromatic heterocycles. The molecule has 152 valence electrons. The molecular formula is C21H22N3O5-. The molecular weight excluding hydrogens is 374 g/mol. The number of ether oxygens (including phenoxy) is 1. The third-order valence-corrected chi connectivity index (χ3v) is 4.99. The van der Waals surface area contributed by atoms with Gasteiger partial charge in [-0.2, -0.15) is 5.10 Å². The number of hydrogen-bond acceptors (Lipinski definition) is 6. The molecule has 3 rings (SSSR count). The van der Waals surface area contributed by atoms with Crippen LogP contribution in [0.4, 0.5) is 0 Å². The van der Waals surface area contributed by atoms with Gasteiger partial charge in [-0.1, -0.05) is 18.2 Å². The monoisotopic (exact) mass is 396 g/mol. The number of nitrogens with zero attached hydrogens (tertiary/aromatic N) is 3. The van der Waals surface area contributed by atoms with Crippen LogP contribution in [0.5, 0.6) is 0 Å². The Morgan fingerprint density at radius 3 is 2.48 bits per heavy atom. The highest BCUT2D eigenvalue weighted by Gasteiger charge is 2.20. The molecule has 0 saturated carbocycles. The number of hydrogen-bond donors (Lipinski definition) is 0. The second-order valence-corrected chi connectivity index (χ2v) is 7.03. The van der Waals surface area contributed by atoms with Crippen LogP contribution >= 0.6 is 0 Å². The molecule has 1 atom stereocenters. The highest BCUT2D eigenvalue weighted by molar-refractivity contribution is 6.01. The number of fused-ring (bicyclic) bond motifs is 1. The second kappa shape index (κ2) is 8.00. The number of ketones is 1. The number of aromatic nitrogens is 3. The lowest BCUT2D eigenvalue weighted by Gasteiger charge is -2.17. The fourth-order valence-corrected chi connectivity index (χ4v) is 3.77. The van der Waals surface area contributed by atoms with E-state index in [0.29, 0.717) is 12.2 Å². The minimum atomic E-state index is -1.51. The maximum absolute atomic E-state index is 12.9. The van der Waals surface area contributed by atoms with Gasteiger partial charge in [0.25, 0.3) is 5.56 Å². The zero-order valence-corrected chi connectivity index (χ0v) is 16.8. The van der Waals surface area contributed by atoms with Crippen molar-refractivity contribution in [1.29, 1.82) is 0 Å². The molecule has 0 aliphatic rings. The number of benzene rings is 1. The van der Waals surface area contributed by atoms with Crippen LogP contribution < -0.4 is 10.7 Å². The molecule has 0 aliphatic carbocycles. The van der Waals surface area contributed by atoms with Gasteiger partial charge in [-0.15, -0.1) is 0 Å². The maximum atomic E-state index is 12.9. The fraction of sp³-hybridized carbons (Fsp3) is 0.333. The molecule has 0 aliphatic heterocycles. The summed E-state index contributed by atoms with van der Waals surface area (Å²) in [5.74, 6) is -1.84. The minimum absolute atomic E-state index is 0.0350. The molecule has 3 aromatic rings. The van der Waals surface area contributed by atoms with Crippen molar-refractivity contribution in [3.8, 4) is 0 Å². The number of carbonyl (C=O) groups is 2. The van der Waals surface area contributed by atoms with Crippen molar-refractivity contribution in [3.05, 3.63) is 63.3 Å². The van der Waals surface area contributed by atoms with Crippen molar-refractivity contribution in [2.75, 3.05) is 13.7 Å². The first-order valence-electron chi connectivity index (χ1n) is 9.18. The van der Waals surface area contributed by atoms with Gasteiger partial charge in [-0.3, -0.25) is 9.59 Å². The molecule has 0 fully saturated rings. The summed E-state index contributed by atoms with van der Waals surface area (Å²) >= 11 is 0. The third-order valence-electron chi connectivity index (χ3n) is 4.99. The van der Waals surface area contributed by atoms with Crippen molar-refractivity contribution in [3.63, 3.8) is 0 Å². The molecule has 0 unspecified atom stereocenters. The largest absolute Gasteiger partial charge is 0.543 e. The molecule has 8 nitrogen and oxygen atoms in total. The SMILES string of the molecule is COC[C@@H](C)n1c(C)cc(C(=O)Cn2nc(C(=O)[O-])c3ccccc3c2=O)c1C. The van der Waals surface area contributed by atoms with Crippen molar-refractivity contribution < 1.29 is 19.4 Å². The fourth-order valence-electron chi connectivity index (χ4n) is 3.77. The average Bonchev–Trinajstić information content (AvgIpc) is 2.98. The summed E-state index contributed by atoms with van der Waals surface area (Å²) in [7, 11) is 1.61. The van der Waals surface area contributed by atoms with E-state index in [0.717, 1.165) is 16.1 Å². The van der Waals surface area contributed by atoms with Crippen LogP contribution in [0.15, 0.2) is 35.1 Å². The van der Waals surface area contributed by atoms with Crippen molar-refractivity contribution >= 4 is 22.5 Å². The van der Waals surface area contributed by atoms with E-state index in [4.69, 9.17) is 4.74 Å². The van der Waals surface area contributed by atoms with Gasteiger partial charge in [0.15, 0.2) is 5.78 Å². The van der Waals surface area contributed by atoms with Gasteiger partial charge in [-0.25, -0.2) is 4.68 Å². The van der Waals surface area contributed by atoms with E-state index in [1.807, 2.05) is 25.3 Å². The van der Waals surface area contributed by atoms with E-state index >= 15 is 0 Å². The molecule has 8 heteroatoms. The third kappa shape index (κ3) is 3.71. The first-order chi connectivity index (χ1) is 13.8. The Morgan fingerprint density at radius 1 is 1.21 bits per heavy atom. The number of carboxylic acid groups (broad SMARTS) is 1. The Labute approximate surface area is 167 Å². The van der Waals surface area contributed by atoms with E-state index in [1.165, 1.54) is 12.1 Å². The lowest BCUT2D eigenvalue weighted by atomic mass is 10.1. The number of carboxylic acids is 1. The topological polar surface area (TPSA) is 106 Å². The Kier molecular flexibility index (Phi) is 5.65. The van der Waals surface area contributed by atoms with E-state index < -0.39 is 11.5 Å². The van der Waals surface area contributed by atoms with Gasteiger partial charge in [0.2, 0.25) is 0 Å². The molecule has 0 bridgehead atoms. The smallest absolute Gasteiger partial charge is 0.275 e. The van der Waals surface area contributed by atoms with Gasteiger partial charge in [0, 0.05) is 29.4 Å². The Balaban J connectivity index is 2.03. The number of methoxy groups -OCH3 is 1. The first kappa shape index (κ1) is 20.5. The van der Waals surface area contributed by atoms with Crippen LogP contribution in [0.3, 0.4) is 0 Å². The average molecular weight is 396 g/mol. The van der Waals surface area contributed by atoms with Crippen LogP contribution in [0.25, 0.3) is 10.8 Å². The lowest BCUT2D eigenvalue weighted by Crippen LogP contribution is -2.32. The number of aromatic carboxylic acids is 1. The van der Waals surface area contributed by atoms with Gasteiger partial charge < -0.3 is 19.2 Å². The molecule has 0 amide bonds. The summed E-state index contributed by atoms with van der Waals surface area (Å²) in [4.78, 5) is 37.2. The van der Waals surface area contributed by atoms with Crippen molar-refractivity contribution in [2.45, 2.75) is 33.4 Å². The van der Waals surface area contributed by atoms with Crippen LogP contribution in [0.2, 0.25) is 0 Å². The van der Waals surface area contributed by atoms with Gasteiger partial charge in [-0.05, 0) is 32.9 Å². The number of carbonyl (C=O) groups excluding carboxylic acids is 2. The summed E-state index contributed by atoms with van der Waals surface area (Å²) in [6.07, 6.45) is 0. The van der Waals surface area contributed by atoms with Crippen molar-refractivity contribution in [2.24, 2.45) is 0 Å². The lowest BCUT2D eigenvalue weighted by molar-refractivity contribution is -0.255. The molecule has 2 heterocycles. The number of Topliss-reactive ketones (excluding diaryl/α,β-unsaturated/α-hetero) is 1. The van der Waals surface area contributed by atoms with E-state index in [1.54, 1.807) is 25.3 Å². The standard InChI is InChI=1S/C21H23N3O5/c1-12-9-17(14(3)24(12)13(2)11-29-4)18(25)10-23-20(26)16-8-6-5-7-15(16)19(22-23)21(27)28/h5-9,13H,10-11H2,1-4H3,(H,27,28)/p-1/t13-/m1/s1. The highest BCUT2D eigenvalue weighted by atomic mass is 16.5. The van der Waals surface area contributed by atoms with Gasteiger partial charge >= 0.3 is 0 Å². The predicted octanol–water partition coefficient (Wildman–Crippen LogP) is 1.27. The Hall–Kier alpha value is -3.26. The van der Waals surface area contributed by atoms with Crippen LogP contribution in [-0.4, -0.2) is 39.8 Å². The van der Waals surface area contributed by atoms with Crippen molar-refractivity contribution in [1.82, 2.24) is 14.3 Å². The summed E-state index contributed by atoms with van der Waals surface area (Å²) < 4.78 is 8.09. The number of aryl methyl sites for hydroxylation is 1. The highest BCUT2D eigenvalue weighted by Crippen LogP contribution is 2.21. The summed E-state index contributed by atoms with van der Waals surface area (Å²) in [5, 5.41) is 15.7. The molecule has 0 radical (unpaired) electrons. The van der Waals surface area contributed by atoms with Crippen LogP contribution in [0, 0.1) is 13.8 Å². The molecule has 0 spiro atoms. The Morgan fingerprint density at radius 2 is 1.86 bits per heavy atom. The summed E-state index contributed by atoms with van der Waals surface area (Å²) in [6, 6.07) is 8.03. The Bertz CT molecular complexity index is 1160. The number of rotatable bonds is 7. The maximum Gasteiger partial charge on any atom is 0.275 e. The quantitative estimate of drug-likeness (QED) is 0.557. The summed E-state index contributed by atoms with van der Waals surface area (Å²) in [5.41, 5.74) is 1.21. The molecule has 1 aromatic carbocycles. The van der Waals surface area contributed by atoms with E-state index in [9.17, 15) is 19.5 Å². The zero-order chi connectivity index (χ0) is 21.3. The minimum Gasteiger partial charge on any atom is -0.543 e. The van der Waals surface area contributed by atoms with Crippen LogP contribution in [-0.2, 0) is 11.3 Å².